The van der Waals surface area contributed by atoms with Crippen LogP contribution in [0.4, 0.5) is 0 Å². The van der Waals surface area contributed by atoms with Crippen LogP contribution in [0.15, 0.2) is 0 Å². The van der Waals surface area contributed by atoms with Crippen LogP contribution in [0.2, 0.25) is 0 Å². The van der Waals surface area contributed by atoms with Crippen molar-refractivity contribution in [2.45, 2.75) is 51.0 Å². The molecule has 0 aromatic heterocycles. The highest BCUT2D eigenvalue weighted by molar-refractivity contribution is 7.89. The lowest BCUT2D eigenvalue weighted by atomic mass is 9.84. The summed E-state index contributed by atoms with van der Waals surface area (Å²) >= 11 is 0. The quantitative estimate of drug-likeness (QED) is 0.758. The minimum atomic E-state index is -3.17. The lowest BCUT2D eigenvalue weighted by Gasteiger charge is -2.35. The summed E-state index contributed by atoms with van der Waals surface area (Å²) in [7, 11) is -3.17. The van der Waals surface area contributed by atoms with Crippen LogP contribution in [0, 0.1) is 17.2 Å². The predicted octanol–water partition coefficient (Wildman–Crippen LogP) is 1.88. The summed E-state index contributed by atoms with van der Waals surface area (Å²) in [6.07, 6.45) is 7.13. The Bertz CT molecular complexity index is 393. The van der Waals surface area contributed by atoms with Crippen LogP contribution in [0.3, 0.4) is 0 Å². The fourth-order valence-corrected chi connectivity index (χ4v) is 4.75. The molecule has 0 spiro atoms. The molecular weight excluding hydrogens is 236 g/mol. The van der Waals surface area contributed by atoms with Gasteiger partial charge in [0.2, 0.25) is 10.0 Å². The van der Waals surface area contributed by atoms with E-state index in [0.29, 0.717) is 6.54 Å². The summed E-state index contributed by atoms with van der Waals surface area (Å²) in [6.45, 7) is 0.539. The first-order chi connectivity index (χ1) is 8.15. The van der Waals surface area contributed by atoms with Gasteiger partial charge in [-0.25, -0.2) is 8.42 Å². The maximum atomic E-state index is 12.0. The molecule has 2 fully saturated rings. The second-order valence-corrected chi connectivity index (χ2v) is 7.15. The van der Waals surface area contributed by atoms with Crippen molar-refractivity contribution in [1.29, 1.82) is 5.26 Å². The van der Waals surface area contributed by atoms with Gasteiger partial charge in [-0.3, -0.25) is 0 Å². The highest BCUT2D eigenvalue weighted by atomic mass is 32.2. The van der Waals surface area contributed by atoms with Gasteiger partial charge >= 0.3 is 0 Å². The van der Waals surface area contributed by atoms with E-state index < -0.39 is 16.1 Å². The first-order valence-corrected chi connectivity index (χ1v) is 8.15. The zero-order valence-corrected chi connectivity index (χ0v) is 11.0. The van der Waals surface area contributed by atoms with Gasteiger partial charge in [0.15, 0.2) is 0 Å². The molecule has 0 amide bonds. The first-order valence-electron chi connectivity index (χ1n) is 6.54. The third-order valence-electron chi connectivity index (χ3n) is 3.93. The third-order valence-corrected chi connectivity index (χ3v) is 5.86. The molecule has 4 nitrogen and oxygen atoms in total. The number of hydrogen-bond donors (Lipinski definition) is 0. The SMILES string of the molecule is N#CC(C1CCCCC1)N1CCCCS1(=O)=O. The Hall–Kier alpha value is -0.600. The fraction of sp³-hybridized carbons (Fsp3) is 0.917. The molecule has 1 saturated heterocycles. The molecule has 0 aromatic rings. The highest BCUT2D eigenvalue weighted by Crippen LogP contribution is 2.31. The van der Waals surface area contributed by atoms with E-state index in [0.717, 1.165) is 38.5 Å². The van der Waals surface area contributed by atoms with Crippen LogP contribution >= 0.6 is 0 Å². The average Bonchev–Trinajstić information content (AvgIpc) is 2.33. The van der Waals surface area contributed by atoms with E-state index in [1.54, 1.807) is 0 Å². The van der Waals surface area contributed by atoms with Gasteiger partial charge in [-0.15, -0.1) is 0 Å². The van der Waals surface area contributed by atoms with Crippen molar-refractivity contribution in [1.82, 2.24) is 4.31 Å². The van der Waals surface area contributed by atoms with Crippen molar-refractivity contribution in [3.8, 4) is 6.07 Å². The van der Waals surface area contributed by atoms with Crippen molar-refractivity contribution in [2.75, 3.05) is 12.3 Å². The average molecular weight is 256 g/mol. The zero-order valence-electron chi connectivity index (χ0n) is 10.1. The van der Waals surface area contributed by atoms with Gasteiger partial charge < -0.3 is 0 Å². The number of rotatable bonds is 2. The monoisotopic (exact) mass is 256 g/mol. The summed E-state index contributed by atoms with van der Waals surface area (Å²) in [4.78, 5) is 0. The van der Waals surface area contributed by atoms with Crippen LogP contribution < -0.4 is 0 Å². The van der Waals surface area contributed by atoms with Gasteiger partial charge in [0.05, 0.1) is 11.8 Å². The summed E-state index contributed by atoms with van der Waals surface area (Å²) in [5.74, 6) is 0.472. The molecule has 0 aromatic carbocycles. The summed E-state index contributed by atoms with van der Waals surface area (Å²) < 4.78 is 25.5. The summed E-state index contributed by atoms with van der Waals surface area (Å²) in [6, 6.07) is 1.83. The Labute approximate surface area is 104 Å². The molecule has 1 saturated carbocycles. The molecule has 0 radical (unpaired) electrons. The van der Waals surface area contributed by atoms with Crippen LogP contribution in [-0.2, 0) is 10.0 Å². The highest BCUT2D eigenvalue weighted by Gasteiger charge is 2.37. The minimum absolute atomic E-state index is 0.220. The van der Waals surface area contributed by atoms with E-state index >= 15 is 0 Å². The zero-order chi connectivity index (χ0) is 12.3. The molecule has 17 heavy (non-hydrogen) atoms. The number of sulfonamides is 1. The molecule has 0 bridgehead atoms. The van der Waals surface area contributed by atoms with E-state index in [2.05, 4.69) is 6.07 Å². The van der Waals surface area contributed by atoms with Crippen molar-refractivity contribution in [3.05, 3.63) is 0 Å². The van der Waals surface area contributed by atoms with Gasteiger partial charge in [0.1, 0.15) is 6.04 Å². The Balaban J connectivity index is 2.14. The summed E-state index contributed by atoms with van der Waals surface area (Å²) in [5, 5.41) is 9.31. The van der Waals surface area contributed by atoms with Crippen molar-refractivity contribution in [3.63, 3.8) is 0 Å². The molecule has 1 aliphatic heterocycles. The molecule has 1 heterocycles. The molecule has 5 heteroatoms. The van der Waals surface area contributed by atoms with Crippen LogP contribution in [-0.4, -0.2) is 31.1 Å². The maximum Gasteiger partial charge on any atom is 0.215 e. The Morgan fingerprint density at radius 2 is 1.82 bits per heavy atom. The third kappa shape index (κ3) is 2.80. The van der Waals surface area contributed by atoms with Gasteiger partial charge in [-0.05, 0) is 31.6 Å². The molecule has 2 aliphatic rings. The second-order valence-electron chi connectivity index (χ2n) is 5.11. The molecule has 1 unspecified atom stereocenters. The smallest absolute Gasteiger partial charge is 0.212 e. The largest absolute Gasteiger partial charge is 0.215 e. The Kier molecular flexibility index (Phi) is 4.05. The standard InChI is InChI=1S/C12H20N2O2S/c13-10-12(11-6-2-1-3-7-11)14-8-4-5-9-17(14,15)16/h11-12H,1-9H2. The van der Waals surface area contributed by atoms with Crippen molar-refractivity contribution >= 4 is 10.0 Å². The van der Waals surface area contributed by atoms with Crippen LogP contribution in [0.5, 0.6) is 0 Å². The lowest BCUT2D eigenvalue weighted by Crippen LogP contribution is -2.47. The second kappa shape index (κ2) is 5.36. The fourth-order valence-electron chi connectivity index (χ4n) is 2.98. The maximum absolute atomic E-state index is 12.0. The van der Waals surface area contributed by atoms with E-state index in [9.17, 15) is 13.7 Å². The van der Waals surface area contributed by atoms with E-state index in [4.69, 9.17) is 0 Å². The van der Waals surface area contributed by atoms with Crippen molar-refractivity contribution in [2.24, 2.45) is 5.92 Å². The van der Waals surface area contributed by atoms with E-state index in [1.165, 1.54) is 10.7 Å². The minimum Gasteiger partial charge on any atom is -0.212 e. The normalized spacial score (nSPS) is 28.4. The predicted molar refractivity (Wildman–Crippen MR) is 65.7 cm³/mol. The summed E-state index contributed by atoms with van der Waals surface area (Å²) in [5.41, 5.74) is 0. The molecule has 2 rings (SSSR count). The van der Waals surface area contributed by atoms with E-state index in [-0.39, 0.29) is 11.7 Å². The molecule has 1 aliphatic carbocycles. The van der Waals surface area contributed by atoms with Crippen LogP contribution in [0.1, 0.15) is 44.9 Å². The van der Waals surface area contributed by atoms with E-state index in [1.807, 2.05) is 0 Å². The molecule has 1 atom stereocenters. The van der Waals surface area contributed by atoms with Gasteiger partial charge in [0, 0.05) is 6.54 Å². The number of nitrogens with zero attached hydrogens (tertiary/aromatic N) is 2. The number of hydrogen-bond acceptors (Lipinski definition) is 3. The van der Waals surface area contributed by atoms with Gasteiger partial charge in [-0.2, -0.15) is 9.57 Å². The molecular formula is C12H20N2O2S. The topological polar surface area (TPSA) is 61.2 Å². The Morgan fingerprint density at radius 3 is 2.41 bits per heavy atom. The first kappa shape index (κ1) is 12.8. The molecule has 0 N–H and O–H groups in total. The Morgan fingerprint density at radius 1 is 1.12 bits per heavy atom. The number of nitriles is 1. The van der Waals surface area contributed by atoms with Gasteiger partial charge in [0.25, 0.3) is 0 Å². The van der Waals surface area contributed by atoms with Crippen LogP contribution in [0.25, 0.3) is 0 Å². The van der Waals surface area contributed by atoms with Crippen molar-refractivity contribution < 1.29 is 8.42 Å². The van der Waals surface area contributed by atoms with Gasteiger partial charge in [-0.1, -0.05) is 19.3 Å². The lowest BCUT2D eigenvalue weighted by molar-refractivity contribution is 0.224. The molecule has 96 valence electrons.